The summed E-state index contributed by atoms with van der Waals surface area (Å²) in [5.74, 6) is 2.53. The fourth-order valence-electron chi connectivity index (χ4n) is 4.00. The molecule has 154 valence electrons. The van der Waals surface area contributed by atoms with Crippen LogP contribution in [-0.2, 0) is 13.2 Å². The summed E-state index contributed by atoms with van der Waals surface area (Å²) in [5, 5.41) is 14.3. The molecule has 6 nitrogen and oxygen atoms in total. The molecule has 0 atom stereocenters. The lowest BCUT2D eigenvalue weighted by molar-refractivity contribution is 0.211. The van der Waals surface area contributed by atoms with E-state index in [2.05, 4.69) is 39.2 Å². The highest BCUT2D eigenvalue weighted by Gasteiger charge is 2.21. The third-order valence-corrected chi connectivity index (χ3v) is 6.42. The molecule has 2 aromatic heterocycles. The number of hydrogen-bond donors (Lipinski definition) is 2. The number of ether oxygens (including phenoxy) is 1. The highest BCUT2D eigenvalue weighted by atomic mass is 32.1. The second-order valence-corrected chi connectivity index (χ2v) is 8.93. The maximum atomic E-state index is 9.54. The van der Waals surface area contributed by atoms with E-state index in [9.17, 15) is 5.11 Å². The molecular weight excluding hydrogens is 384 g/mol. The molecule has 1 saturated heterocycles. The van der Waals surface area contributed by atoms with Crippen LogP contribution in [0.3, 0.4) is 0 Å². The number of aliphatic hydroxyl groups is 1. The molecule has 7 heteroatoms. The number of fused-ring (bicyclic) bond motifs is 1. The number of methoxy groups -OCH3 is 1. The van der Waals surface area contributed by atoms with Gasteiger partial charge in [-0.3, -0.25) is 4.90 Å². The smallest absolute Gasteiger partial charge is 0.138 e. The van der Waals surface area contributed by atoms with Gasteiger partial charge in [-0.15, -0.1) is 11.3 Å². The van der Waals surface area contributed by atoms with Crippen LogP contribution in [0.4, 0.5) is 5.82 Å². The van der Waals surface area contributed by atoms with Crippen LogP contribution in [0.25, 0.3) is 10.2 Å². The molecular formula is C22H28N4O2S. The van der Waals surface area contributed by atoms with E-state index in [-0.39, 0.29) is 6.61 Å². The average Bonchev–Trinajstić information content (AvgIpc) is 3.09. The lowest BCUT2D eigenvalue weighted by Gasteiger charge is -2.32. The fraction of sp³-hybridized carbons (Fsp3) is 0.455. The van der Waals surface area contributed by atoms with Crippen LogP contribution in [-0.4, -0.2) is 46.2 Å². The predicted octanol–water partition coefficient (Wildman–Crippen LogP) is 3.89. The molecule has 1 aliphatic heterocycles. The molecule has 0 aliphatic carbocycles. The summed E-state index contributed by atoms with van der Waals surface area (Å²) in [6.07, 6.45) is 2.16. The maximum Gasteiger partial charge on any atom is 0.138 e. The highest BCUT2D eigenvalue weighted by molar-refractivity contribution is 7.18. The van der Waals surface area contributed by atoms with Gasteiger partial charge in [0.1, 0.15) is 22.2 Å². The summed E-state index contributed by atoms with van der Waals surface area (Å²) in [5.41, 5.74) is 2.05. The number of likely N-dealkylation sites (tertiary alicyclic amines) is 1. The van der Waals surface area contributed by atoms with Gasteiger partial charge in [-0.25, -0.2) is 9.97 Å². The third-order valence-electron chi connectivity index (χ3n) is 5.48. The largest absolute Gasteiger partial charge is 0.496 e. The Balaban J connectivity index is 1.38. The first-order valence-electron chi connectivity index (χ1n) is 10.1. The molecule has 29 heavy (non-hydrogen) atoms. The molecule has 0 bridgehead atoms. The van der Waals surface area contributed by atoms with E-state index in [4.69, 9.17) is 4.74 Å². The Kier molecular flexibility index (Phi) is 5.99. The van der Waals surface area contributed by atoms with Crippen molar-refractivity contribution in [3.05, 3.63) is 46.1 Å². The summed E-state index contributed by atoms with van der Waals surface area (Å²) >= 11 is 1.72. The summed E-state index contributed by atoms with van der Waals surface area (Å²) < 4.78 is 5.30. The molecule has 1 aliphatic rings. The molecule has 0 saturated carbocycles. The van der Waals surface area contributed by atoms with Gasteiger partial charge in [-0.1, -0.05) is 6.07 Å². The van der Waals surface area contributed by atoms with E-state index in [0.717, 1.165) is 65.6 Å². The van der Waals surface area contributed by atoms with Crippen LogP contribution in [0.15, 0.2) is 24.3 Å². The van der Waals surface area contributed by atoms with Gasteiger partial charge in [0.2, 0.25) is 0 Å². The number of benzene rings is 1. The number of rotatable bonds is 6. The van der Waals surface area contributed by atoms with E-state index in [1.165, 1.54) is 10.4 Å². The number of aliphatic hydroxyl groups excluding tert-OH is 1. The molecule has 4 rings (SSSR count). The number of piperidine rings is 1. The van der Waals surface area contributed by atoms with Crippen molar-refractivity contribution < 1.29 is 9.84 Å². The van der Waals surface area contributed by atoms with Crippen molar-refractivity contribution >= 4 is 27.4 Å². The zero-order chi connectivity index (χ0) is 20.4. The first-order valence-corrected chi connectivity index (χ1v) is 10.9. The van der Waals surface area contributed by atoms with E-state index in [0.29, 0.717) is 6.04 Å². The fourth-order valence-corrected chi connectivity index (χ4v) is 4.92. The maximum absolute atomic E-state index is 9.54. The Morgan fingerprint density at radius 2 is 2.00 bits per heavy atom. The topological polar surface area (TPSA) is 70.5 Å². The second kappa shape index (κ2) is 8.65. The Labute approximate surface area is 175 Å². The number of nitrogens with one attached hydrogen (secondary N) is 1. The van der Waals surface area contributed by atoms with Crippen molar-refractivity contribution in [3.8, 4) is 5.75 Å². The first-order chi connectivity index (χ1) is 14.1. The number of aryl methyl sites for hydroxylation is 2. The van der Waals surface area contributed by atoms with E-state index in [1.807, 2.05) is 19.1 Å². The van der Waals surface area contributed by atoms with Gasteiger partial charge in [-0.05, 0) is 50.5 Å². The second-order valence-electron chi connectivity index (χ2n) is 7.69. The van der Waals surface area contributed by atoms with Crippen LogP contribution >= 0.6 is 11.3 Å². The number of thiophene rings is 1. The van der Waals surface area contributed by atoms with E-state index in [1.54, 1.807) is 18.4 Å². The van der Waals surface area contributed by atoms with Crippen molar-refractivity contribution in [2.45, 2.75) is 45.9 Å². The van der Waals surface area contributed by atoms with Gasteiger partial charge in [0.05, 0.1) is 19.1 Å². The number of hydrogen-bond acceptors (Lipinski definition) is 7. The normalized spacial score (nSPS) is 15.7. The molecule has 1 aromatic carbocycles. The lowest BCUT2D eigenvalue weighted by atomic mass is 10.0. The minimum absolute atomic E-state index is 0.00210. The van der Waals surface area contributed by atoms with E-state index >= 15 is 0 Å². The van der Waals surface area contributed by atoms with Crippen molar-refractivity contribution in [3.63, 3.8) is 0 Å². The standard InChI is InChI=1S/C22H28N4O2S/c1-14-10-19-21(23-15(2)24-22(19)29-14)25-18-6-8-26(9-7-18)12-16-4-5-20(28-3)17(11-16)13-27/h4-5,10-11,18,27H,6-9,12-13H2,1-3H3,(H,23,24,25). The summed E-state index contributed by atoms with van der Waals surface area (Å²) in [7, 11) is 1.64. The van der Waals surface area contributed by atoms with Crippen LogP contribution < -0.4 is 10.1 Å². The monoisotopic (exact) mass is 412 g/mol. The zero-order valence-corrected chi connectivity index (χ0v) is 18.1. The van der Waals surface area contributed by atoms with Gasteiger partial charge >= 0.3 is 0 Å². The molecule has 0 amide bonds. The van der Waals surface area contributed by atoms with Gasteiger partial charge in [0.15, 0.2) is 0 Å². The van der Waals surface area contributed by atoms with Crippen molar-refractivity contribution in [2.24, 2.45) is 0 Å². The summed E-state index contributed by atoms with van der Waals surface area (Å²) in [6, 6.07) is 8.68. The zero-order valence-electron chi connectivity index (χ0n) is 17.2. The van der Waals surface area contributed by atoms with Crippen LogP contribution in [0.1, 0.15) is 34.7 Å². The molecule has 1 fully saturated rings. The molecule has 3 aromatic rings. The Hall–Kier alpha value is -2.22. The van der Waals surface area contributed by atoms with Crippen LogP contribution in [0, 0.1) is 13.8 Å². The molecule has 0 spiro atoms. The van der Waals surface area contributed by atoms with E-state index < -0.39 is 0 Å². The van der Waals surface area contributed by atoms with Gasteiger partial charge in [-0.2, -0.15) is 0 Å². The van der Waals surface area contributed by atoms with Gasteiger partial charge < -0.3 is 15.2 Å². The first kappa shape index (κ1) is 20.1. The van der Waals surface area contributed by atoms with Gasteiger partial charge in [0.25, 0.3) is 0 Å². The highest BCUT2D eigenvalue weighted by Crippen LogP contribution is 2.30. The summed E-state index contributed by atoms with van der Waals surface area (Å²) in [4.78, 5) is 14.0. The minimum Gasteiger partial charge on any atom is -0.496 e. The SMILES string of the molecule is COc1ccc(CN2CCC(Nc3nc(C)nc4sc(C)cc34)CC2)cc1CO. The minimum atomic E-state index is -0.00210. The molecule has 2 N–H and O–H groups in total. The van der Waals surface area contributed by atoms with Crippen molar-refractivity contribution in [1.29, 1.82) is 0 Å². The number of anilines is 1. The summed E-state index contributed by atoms with van der Waals surface area (Å²) in [6.45, 7) is 7.04. The quantitative estimate of drug-likeness (QED) is 0.640. The lowest BCUT2D eigenvalue weighted by Crippen LogP contribution is -2.38. The average molecular weight is 413 g/mol. The number of aromatic nitrogens is 2. The molecule has 0 unspecified atom stereocenters. The van der Waals surface area contributed by atoms with Gasteiger partial charge in [0, 0.05) is 36.1 Å². The Bertz CT molecular complexity index is 996. The predicted molar refractivity (Wildman–Crippen MR) is 118 cm³/mol. The Morgan fingerprint density at radius 1 is 1.21 bits per heavy atom. The molecule has 3 heterocycles. The number of nitrogens with zero attached hydrogens (tertiary/aromatic N) is 3. The Morgan fingerprint density at radius 3 is 2.72 bits per heavy atom. The van der Waals surface area contributed by atoms with Crippen molar-refractivity contribution in [2.75, 3.05) is 25.5 Å². The molecule has 0 radical (unpaired) electrons. The van der Waals surface area contributed by atoms with Crippen LogP contribution in [0.2, 0.25) is 0 Å². The third kappa shape index (κ3) is 4.52. The van der Waals surface area contributed by atoms with Crippen molar-refractivity contribution in [1.82, 2.24) is 14.9 Å². The van der Waals surface area contributed by atoms with Crippen LogP contribution in [0.5, 0.6) is 5.75 Å².